The molecule has 0 atom stereocenters. The SMILES string of the molecule is CCCC(=O)c1cc(OCCC(=O)O)c(C)cc1C. The Morgan fingerprint density at radius 2 is 1.84 bits per heavy atom. The lowest BCUT2D eigenvalue weighted by molar-refractivity contribution is -0.137. The van der Waals surface area contributed by atoms with Crippen LogP contribution in [0.3, 0.4) is 0 Å². The molecule has 1 N–H and O–H groups in total. The summed E-state index contributed by atoms with van der Waals surface area (Å²) in [6.45, 7) is 5.86. The van der Waals surface area contributed by atoms with Gasteiger partial charge in [-0.25, -0.2) is 0 Å². The smallest absolute Gasteiger partial charge is 0.306 e. The number of ether oxygens (including phenoxy) is 1. The predicted octanol–water partition coefficient (Wildman–Crippen LogP) is 3.14. The average Bonchev–Trinajstić information content (AvgIpc) is 2.31. The van der Waals surface area contributed by atoms with Gasteiger partial charge in [0.25, 0.3) is 0 Å². The molecule has 0 aliphatic carbocycles. The maximum Gasteiger partial charge on any atom is 0.306 e. The molecule has 1 rings (SSSR count). The summed E-state index contributed by atoms with van der Waals surface area (Å²) in [4.78, 5) is 22.4. The van der Waals surface area contributed by atoms with Gasteiger partial charge in [0, 0.05) is 12.0 Å². The Balaban J connectivity index is 2.89. The largest absolute Gasteiger partial charge is 0.493 e. The van der Waals surface area contributed by atoms with Gasteiger partial charge in [0.05, 0.1) is 13.0 Å². The molecule has 19 heavy (non-hydrogen) atoms. The summed E-state index contributed by atoms with van der Waals surface area (Å²) in [5.74, 6) is -0.207. The topological polar surface area (TPSA) is 63.6 Å². The van der Waals surface area contributed by atoms with Gasteiger partial charge in [-0.2, -0.15) is 0 Å². The molecule has 0 spiro atoms. The van der Waals surface area contributed by atoms with Gasteiger partial charge in [-0.1, -0.05) is 13.0 Å². The molecule has 0 saturated heterocycles. The molecule has 0 bridgehead atoms. The molecule has 0 saturated carbocycles. The number of benzene rings is 1. The van der Waals surface area contributed by atoms with E-state index in [2.05, 4.69) is 0 Å². The lowest BCUT2D eigenvalue weighted by Crippen LogP contribution is -2.07. The fraction of sp³-hybridized carbons (Fsp3) is 0.467. The van der Waals surface area contributed by atoms with Gasteiger partial charge in [-0.15, -0.1) is 0 Å². The fourth-order valence-electron chi connectivity index (χ4n) is 1.90. The number of ketones is 1. The van der Waals surface area contributed by atoms with Crippen LogP contribution in [0.4, 0.5) is 0 Å². The second kappa shape index (κ2) is 6.92. The summed E-state index contributed by atoms with van der Waals surface area (Å²) >= 11 is 0. The van der Waals surface area contributed by atoms with E-state index in [1.165, 1.54) is 0 Å². The molecule has 1 aromatic rings. The van der Waals surface area contributed by atoms with E-state index in [4.69, 9.17) is 9.84 Å². The summed E-state index contributed by atoms with van der Waals surface area (Å²) in [6.07, 6.45) is 1.27. The molecule has 4 heteroatoms. The van der Waals surface area contributed by atoms with Crippen LogP contribution in [0, 0.1) is 13.8 Å². The first kappa shape index (κ1) is 15.2. The van der Waals surface area contributed by atoms with Crippen molar-refractivity contribution < 1.29 is 19.4 Å². The number of rotatable bonds is 7. The van der Waals surface area contributed by atoms with Crippen LogP contribution in [-0.4, -0.2) is 23.5 Å². The predicted molar refractivity (Wildman–Crippen MR) is 72.9 cm³/mol. The van der Waals surface area contributed by atoms with Crippen molar-refractivity contribution in [2.24, 2.45) is 0 Å². The van der Waals surface area contributed by atoms with Gasteiger partial charge in [0.2, 0.25) is 0 Å². The number of Topliss-reactive ketones (excluding diaryl/α,β-unsaturated/α-hetero) is 1. The summed E-state index contributed by atoms with van der Waals surface area (Å²) < 4.78 is 5.44. The van der Waals surface area contributed by atoms with Crippen molar-refractivity contribution in [3.8, 4) is 5.75 Å². The Labute approximate surface area is 113 Å². The van der Waals surface area contributed by atoms with Crippen molar-refractivity contribution in [2.75, 3.05) is 6.61 Å². The maximum absolute atomic E-state index is 12.0. The normalized spacial score (nSPS) is 10.3. The van der Waals surface area contributed by atoms with Crippen molar-refractivity contribution in [3.05, 3.63) is 28.8 Å². The zero-order chi connectivity index (χ0) is 14.4. The van der Waals surface area contributed by atoms with Crippen molar-refractivity contribution in [1.82, 2.24) is 0 Å². The quantitative estimate of drug-likeness (QED) is 0.768. The second-order valence-electron chi connectivity index (χ2n) is 4.60. The highest BCUT2D eigenvalue weighted by Gasteiger charge is 2.12. The minimum Gasteiger partial charge on any atom is -0.493 e. The number of carbonyl (C=O) groups excluding carboxylic acids is 1. The number of aliphatic carboxylic acids is 1. The molecule has 0 heterocycles. The Morgan fingerprint density at radius 3 is 2.42 bits per heavy atom. The van der Waals surface area contributed by atoms with Gasteiger partial charge < -0.3 is 9.84 Å². The number of carboxylic acids is 1. The van der Waals surface area contributed by atoms with E-state index in [0.29, 0.717) is 17.7 Å². The van der Waals surface area contributed by atoms with Crippen molar-refractivity contribution in [3.63, 3.8) is 0 Å². The van der Waals surface area contributed by atoms with Crippen LogP contribution in [0.25, 0.3) is 0 Å². The van der Waals surface area contributed by atoms with E-state index in [1.807, 2.05) is 26.8 Å². The highest BCUT2D eigenvalue weighted by atomic mass is 16.5. The molecule has 0 fully saturated rings. The summed E-state index contributed by atoms with van der Waals surface area (Å²) in [5, 5.41) is 8.58. The summed E-state index contributed by atoms with van der Waals surface area (Å²) in [7, 11) is 0. The van der Waals surface area contributed by atoms with Crippen LogP contribution in [0.5, 0.6) is 5.75 Å². The molecular formula is C15H20O4. The molecule has 0 radical (unpaired) electrons. The van der Waals surface area contributed by atoms with Gasteiger partial charge in [-0.05, 0) is 37.5 Å². The Kier molecular flexibility index (Phi) is 5.55. The van der Waals surface area contributed by atoms with Crippen LogP contribution < -0.4 is 4.74 Å². The highest BCUT2D eigenvalue weighted by Crippen LogP contribution is 2.24. The number of carboxylic acid groups (broad SMARTS) is 1. The first-order valence-corrected chi connectivity index (χ1v) is 6.44. The molecule has 0 unspecified atom stereocenters. The molecule has 4 nitrogen and oxygen atoms in total. The van der Waals surface area contributed by atoms with Crippen molar-refractivity contribution >= 4 is 11.8 Å². The molecule has 0 aliphatic rings. The summed E-state index contributed by atoms with van der Waals surface area (Å²) in [6, 6.07) is 3.63. The van der Waals surface area contributed by atoms with E-state index in [-0.39, 0.29) is 18.8 Å². The van der Waals surface area contributed by atoms with E-state index < -0.39 is 5.97 Å². The van der Waals surface area contributed by atoms with Crippen LogP contribution in [0.15, 0.2) is 12.1 Å². The zero-order valence-electron chi connectivity index (χ0n) is 11.7. The second-order valence-corrected chi connectivity index (χ2v) is 4.60. The van der Waals surface area contributed by atoms with Crippen molar-refractivity contribution in [2.45, 2.75) is 40.0 Å². The zero-order valence-corrected chi connectivity index (χ0v) is 11.7. The third-order valence-corrected chi connectivity index (χ3v) is 2.87. The van der Waals surface area contributed by atoms with E-state index >= 15 is 0 Å². The molecular weight excluding hydrogens is 244 g/mol. The van der Waals surface area contributed by atoms with E-state index in [0.717, 1.165) is 17.5 Å². The number of carbonyl (C=O) groups is 2. The first-order valence-electron chi connectivity index (χ1n) is 6.44. The third kappa shape index (κ3) is 4.39. The third-order valence-electron chi connectivity index (χ3n) is 2.87. The van der Waals surface area contributed by atoms with Gasteiger partial charge in [0.15, 0.2) is 5.78 Å². The average molecular weight is 264 g/mol. The molecule has 104 valence electrons. The van der Waals surface area contributed by atoms with E-state index in [1.54, 1.807) is 6.07 Å². The maximum atomic E-state index is 12.0. The number of hydrogen-bond donors (Lipinski definition) is 1. The molecule has 0 amide bonds. The first-order chi connectivity index (χ1) is 8.95. The summed E-state index contributed by atoms with van der Waals surface area (Å²) in [5.41, 5.74) is 2.51. The Bertz CT molecular complexity index is 477. The lowest BCUT2D eigenvalue weighted by atomic mass is 9.99. The monoisotopic (exact) mass is 264 g/mol. The highest BCUT2D eigenvalue weighted by molar-refractivity contribution is 5.97. The van der Waals surface area contributed by atoms with Crippen LogP contribution >= 0.6 is 0 Å². The standard InChI is InChI=1S/C15H20O4/c1-4-5-13(16)12-9-14(11(3)8-10(12)2)19-7-6-15(17)18/h8-9H,4-7H2,1-3H3,(H,17,18). The minimum atomic E-state index is -0.896. The van der Waals surface area contributed by atoms with Crippen molar-refractivity contribution in [1.29, 1.82) is 0 Å². The molecule has 0 aromatic heterocycles. The van der Waals surface area contributed by atoms with Crippen LogP contribution in [0.1, 0.15) is 47.7 Å². The van der Waals surface area contributed by atoms with Gasteiger partial charge in [0.1, 0.15) is 5.75 Å². The van der Waals surface area contributed by atoms with Gasteiger partial charge in [-0.3, -0.25) is 9.59 Å². The van der Waals surface area contributed by atoms with E-state index in [9.17, 15) is 9.59 Å². The Hall–Kier alpha value is -1.84. The van der Waals surface area contributed by atoms with Crippen LogP contribution in [0.2, 0.25) is 0 Å². The fourth-order valence-corrected chi connectivity index (χ4v) is 1.90. The number of aryl methyl sites for hydroxylation is 2. The molecule has 0 aliphatic heterocycles. The van der Waals surface area contributed by atoms with Gasteiger partial charge >= 0.3 is 5.97 Å². The Morgan fingerprint density at radius 1 is 1.16 bits per heavy atom. The molecule has 1 aromatic carbocycles. The van der Waals surface area contributed by atoms with Crippen LogP contribution in [-0.2, 0) is 4.79 Å². The number of hydrogen-bond acceptors (Lipinski definition) is 3. The minimum absolute atomic E-state index is 0.0500. The lowest BCUT2D eigenvalue weighted by Gasteiger charge is -2.12.